The van der Waals surface area contributed by atoms with Crippen molar-refractivity contribution in [1.82, 2.24) is 10.9 Å². The van der Waals surface area contributed by atoms with Crippen molar-refractivity contribution in [2.45, 2.75) is 25.4 Å². The Kier molecular flexibility index (Phi) is 4.15. The largest absolute Gasteiger partial charge is 0.442 e. The monoisotopic (exact) mass is 278 g/mol. The van der Waals surface area contributed by atoms with Gasteiger partial charge in [-0.3, -0.25) is 5.43 Å². The van der Waals surface area contributed by atoms with Crippen LogP contribution in [-0.2, 0) is 20.8 Å². The molecule has 20 heavy (non-hydrogen) atoms. The van der Waals surface area contributed by atoms with E-state index in [0.717, 1.165) is 12.0 Å². The highest BCUT2D eigenvalue weighted by molar-refractivity contribution is 5.66. The smallest absolute Gasteiger partial charge is 0.421 e. The molecule has 3 rings (SSSR count). The molecule has 2 aliphatic rings. The molecule has 1 aromatic carbocycles. The molecule has 0 radical (unpaired) electrons. The van der Waals surface area contributed by atoms with Gasteiger partial charge in [0.25, 0.3) is 0 Å². The summed E-state index contributed by atoms with van der Waals surface area (Å²) >= 11 is 0. The fourth-order valence-electron chi connectivity index (χ4n) is 2.53. The van der Waals surface area contributed by atoms with Gasteiger partial charge in [-0.05, 0) is 12.0 Å². The predicted molar refractivity (Wildman–Crippen MR) is 70.5 cm³/mol. The minimum atomic E-state index is -0.484. The van der Waals surface area contributed by atoms with Crippen LogP contribution in [0.1, 0.15) is 12.0 Å². The first-order valence-electron chi connectivity index (χ1n) is 6.79. The Bertz CT molecular complexity index is 454. The Labute approximate surface area is 117 Å². The highest BCUT2D eigenvalue weighted by Crippen LogP contribution is 2.32. The quantitative estimate of drug-likeness (QED) is 0.809. The topological polar surface area (TPSA) is 68.8 Å². The number of amides is 1. The number of ether oxygens (including phenoxy) is 3. The van der Waals surface area contributed by atoms with Gasteiger partial charge in [0, 0.05) is 6.54 Å². The van der Waals surface area contributed by atoms with Crippen LogP contribution in [-0.4, -0.2) is 31.7 Å². The number of hydrogen-bond donors (Lipinski definition) is 2. The molecule has 2 fully saturated rings. The van der Waals surface area contributed by atoms with Gasteiger partial charge in [0.15, 0.2) is 6.29 Å². The number of hydrogen-bond acceptors (Lipinski definition) is 5. The Balaban J connectivity index is 1.39. The van der Waals surface area contributed by atoms with Crippen LogP contribution in [0.25, 0.3) is 0 Å². The van der Waals surface area contributed by atoms with E-state index < -0.39 is 6.09 Å². The van der Waals surface area contributed by atoms with Gasteiger partial charge in [0.2, 0.25) is 0 Å². The Morgan fingerprint density at radius 1 is 1.30 bits per heavy atom. The molecule has 2 saturated heterocycles. The number of carbonyl (C=O) groups is 1. The first-order valence-corrected chi connectivity index (χ1v) is 6.79. The second-order valence-electron chi connectivity index (χ2n) is 4.93. The molecule has 2 aliphatic heterocycles. The van der Waals surface area contributed by atoms with E-state index in [0.29, 0.717) is 19.8 Å². The second-order valence-corrected chi connectivity index (χ2v) is 4.93. The lowest BCUT2D eigenvalue weighted by atomic mass is 10.0. The van der Waals surface area contributed by atoms with Crippen LogP contribution >= 0.6 is 0 Å². The van der Waals surface area contributed by atoms with Gasteiger partial charge in [-0.25, -0.2) is 10.2 Å². The van der Waals surface area contributed by atoms with E-state index in [2.05, 4.69) is 10.9 Å². The van der Waals surface area contributed by atoms with Gasteiger partial charge in [-0.1, -0.05) is 30.3 Å². The summed E-state index contributed by atoms with van der Waals surface area (Å²) in [6.45, 7) is 1.62. The van der Waals surface area contributed by atoms with Gasteiger partial charge in [0.05, 0.1) is 19.1 Å². The first-order chi connectivity index (χ1) is 9.83. The molecule has 6 heteroatoms. The summed E-state index contributed by atoms with van der Waals surface area (Å²) in [6, 6.07) is 9.80. The zero-order valence-electron chi connectivity index (χ0n) is 11.1. The van der Waals surface area contributed by atoms with Gasteiger partial charge in [-0.2, -0.15) is 0 Å². The van der Waals surface area contributed by atoms with E-state index >= 15 is 0 Å². The summed E-state index contributed by atoms with van der Waals surface area (Å²) in [6.07, 6.45) is -0.0340. The van der Waals surface area contributed by atoms with Crippen molar-refractivity contribution < 1.29 is 19.0 Å². The van der Waals surface area contributed by atoms with Crippen LogP contribution in [0.4, 0.5) is 4.79 Å². The SMILES string of the molecule is O=C(NNCc1ccccc1)O[C@H]1COC2OCC[C@H]21. The third-order valence-electron chi connectivity index (χ3n) is 3.57. The maximum absolute atomic E-state index is 11.7. The van der Waals surface area contributed by atoms with Crippen LogP contribution < -0.4 is 10.9 Å². The summed E-state index contributed by atoms with van der Waals surface area (Å²) in [5.41, 5.74) is 6.45. The average molecular weight is 278 g/mol. The third kappa shape index (κ3) is 3.09. The fourth-order valence-corrected chi connectivity index (χ4v) is 2.53. The molecule has 2 heterocycles. The zero-order valence-corrected chi connectivity index (χ0v) is 11.1. The zero-order chi connectivity index (χ0) is 13.8. The number of rotatable bonds is 4. The van der Waals surface area contributed by atoms with Crippen molar-refractivity contribution >= 4 is 6.09 Å². The van der Waals surface area contributed by atoms with Gasteiger partial charge in [0.1, 0.15) is 6.10 Å². The number of hydrazine groups is 1. The van der Waals surface area contributed by atoms with Crippen LogP contribution in [0.2, 0.25) is 0 Å². The Morgan fingerprint density at radius 3 is 3.00 bits per heavy atom. The van der Waals surface area contributed by atoms with Crippen LogP contribution in [0.15, 0.2) is 30.3 Å². The van der Waals surface area contributed by atoms with Crippen molar-refractivity contribution in [2.75, 3.05) is 13.2 Å². The maximum Gasteiger partial charge on any atom is 0.421 e. The van der Waals surface area contributed by atoms with E-state index in [1.54, 1.807) is 0 Å². The molecule has 0 aliphatic carbocycles. The predicted octanol–water partition coefficient (Wildman–Crippen LogP) is 1.18. The minimum absolute atomic E-state index is 0.162. The molecule has 108 valence electrons. The number of benzene rings is 1. The average Bonchev–Trinajstić information content (AvgIpc) is 3.05. The molecule has 1 aromatic rings. The van der Waals surface area contributed by atoms with Gasteiger partial charge in [-0.15, -0.1) is 0 Å². The standard InChI is InChI=1S/C14H18N2O4/c17-14(16-15-8-10-4-2-1-3-5-10)20-12-9-19-13-11(12)6-7-18-13/h1-5,11-13,15H,6-9H2,(H,16,17)/t11-,12-,13?/m0/s1. The van der Waals surface area contributed by atoms with Crippen molar-refractivity contribution in [1.29, 1.82) is 0 Å². The molecule has 0 spiro atoms. The third-order valence-corrected chi connectivity index (χ3v) is 3.57. The van der Waals surface area contributed by atoms with Crippen molar-refractivity contribution in [3.8, 4) is 0 Å². The normalized spacial score (nSPS) is 28.1. The molecule has 1 unspecified atom stereocenters. The highest BCUT2D eigenvalue weighted by Gasteiger charge is 2.43. The molecule has 0 aromatic heterocycles. The number of fused-ring (bicyclic) bond motifs is 1. The minimum Gasteiger partial charge on any atom is -0.442 e. The summed E-state index contributed by atoms with van der Waals surface area (Å²) in [5, 5.41) is 0. The number of nitrogens with one attached hydrogen (secondary N) is 2. The summed E-state index contributed by atoms with van der Waals surface area (Å²) in [7, 11) is 0. The van der Waals surface area contributed by atoms with Crippen molar-refractivity contribution in [3.63, 3.8) is 0 Å². The van der Waals surface area contributed by atoms with Gasteiger partial charge >= 0.3 is 6.09 Å². The van der Waals surface area contributed by atoms with Crippen molar-refractivity contribution in [3.05, 3.63) is 35.9 Å². The molecular formula is C14H18N2O4. The van der Waals surface area contributed by atoms with E-state index in [1.165, 1.54) is 0 Å². The summed E-state index contributed by atoms with van der Waals surface area (Å²) < 4.78 is 16.1. The van der Waals surface area contributed by atoms with E-state index in [-0.39, 0.29) is 18.3 Å². The fraction of sp³-hybridized carbons (Fsp3) is 0.500. The summed E-state index contributed by atoms with van der Waals surface area (Å²) in [4.78, 5) is 11.7. The lowest BCUT2D eigenvalue weighted by molar-refractivity contribution is -0.0907. The molecule has 3 atom stereocenters. The van der Waals surface area contributed by atoms with E-state index in [9.17, 15) is 4.79 Å². The van der Waals surface area contributed by atoms with Crippen LogP contribution in [0.5, 0.6) is 0 Å². The summed E-state index contributed by atoms with van der Waals surface area (Å²) in [5.74, 6) is 0.162. The number of carbonyl (C=O) groups excluding carboxylic acids is 1. The first kappa shape index (κ1) is 13.4. The molecule has 1 amide bonds. The second kappa shape index (κ2) is 6.21. The molecule has 0 bridgehead atoms. The molecular weight excluding hydrogens is 260 g/mol. The molecule has 2 N–H and O–H groups in total. The van der Waals surface area contributed by atoms with Crippen LogP contribution in [0, 0.1) is 5.92 Å². The van der Waals surface area contributed by atoms with Crippen LogP contribution in [0.3, 0.4) is 0 Å². The lowest BCUT2D eigenvalue weighted by Gasteiger charge is -2.16. The maximum atomic E-state index is 11.7. The van der Waals surface area contributed by atoms with E-state index in [1.807, 2.05) is 30.3 Å². The van der Waals surface area contributed by atoms with Crippen molar-refractivity contribution in [2.24, 2.45) is 5.92 Å². The Hall–Kier alpha value is -1.63. The highest BCUT2D eigenvalue weighted by atomic mass is 16.7. The molecule has 0 saturated carbocycles. The molecule has 6 nitrogen and oxygen atoms in total. The Morgan fingerprint density at radius 2 is 2.15 bits per heavy atom. The van der Waals surface area contributed by atoms with E-state index in [4.69, 9.17) is 14.2 Å². The van der Waals surface area contributed by atoms with Gasteiger partial charge < -0.3 is 14.2 Å². The lowest BCUT2D eigenvalue weighted by Crippen LogP contribution is -2.40.